The van der Waals surface area contributed by atoms with Gasteiger partial charge in [0.2, 0.25) is 0 Å². The van der Waals surface area contributed by atoms with E-state index >= 15 is 0 Å². The zero-order valence-corrected chi connectivity index (χ0v) is 15.6. The molecule has 2 unspecified atom stereocenters. The van der Waals surface area contributed by atoms with Gasteiger partial charge >= 0.3 is 0 Å². The van der Waals surface area contributed by atoms with Gasteiger partial charge in [-0.2, -0.15) is 0 Å². The van der Waals surface area contributed by atoms with Crippen LogP contribution in [0.1, 0.15) is 11.1 Å². The summed E-state index contributed by atoms with van der Waals surface area (Å²) in [4.78, 5) is 6.89. The fourth-order valence-corrected chi connectivity index (χ4v) is 6.38. The number of aryl methyl sites for hydroxylation is 1. The maximum absolute atomic E-state index is 12.0. The van der Waals surface area contributed by atoms with E-state index in [1.807, 2.05) is 30.3 Å². The second kappa shape index (κ2) is 6.50. The number of fused-ring (bicyclic) bond motifs is 1. The molecule has 130 valence electrons. The number of nitrogens with zero attached hydrogens (tertiary/aromatic N) is 2. The molecule has 2 aromatic rings. The lowest BCUT2D eigenvalue weighted by Crippen LogP contribution is -2.39. The molecule has 0 spiro atoms. The van der Waals surface area contributed by atoms with Gasteiger partial charge in [0.05, 0.1) is 23.6 Å². The molecule has 0 amide bonds. The lowest BCUT2D eigenvalue weighted by molar-refractivity contribution is 0.601. The van der Waals surface area contributed by atoms with Gasteiger partial charge < -0.3 is 4.90 Å². The number of hydrogen-bond donors (Lipinski definition) is 0. The molecule has 4 rings (SSSR count). The number of benzene rings is 2. The van der Waals surface area contributed by atoms with Crippen LogP contribution in [-0.2, 0) is 15.6 Å². The third kappa shape index (κ3) is 3.46. The molecule has 6 heteroatoms. The van der Waals surface area contributed by atoms with E-state index in [9.17, 15) is 8.42 Å². The average molecular weight is 373 g/mol. The van der Waals surface area contributed by atoms with Crippen LogP contribution in [0.2, 0.25) is 0 Å². The van der Waals surface area contributed by atoms with E-state index in [1.54, 1.807) is 11.8 Å². The third-order valence-corrected chi connectivity index (χ3v) is 7.33. The van der Waals surface area contributed by atoms with E-state index in [2.05, 4.69) is 36.1 Å². The molecule has 1 fully saturated rings. The Bertz CT molecular complexity index is 910. The SMILES string of the molecule is Cc1cccc(CSC2=NC3CS(=O)(=O)CC3N2c2ccccc2)c1. The zero-order valence-electron chi connectivity index (χ0n) is 14.0. The number of anilines is 1. The Labute approximate surface area is 152 Å². The Morgan fingerprint density at radius 3 is 2.68 bits per heavy atom. The molecule has 2 aliphatic rings. The Morgan fingerprint density at radius 1 is 1.12 bits per heavy atom. The Balaban J connectivity index is 1.60. The van der Waals surface area contributed by atoms with Gasteiger partial charge in [-0.3, -0.25) is 4.99 Å². The lowest BCUT2D eigenvalue weighted by Gasteiger charge is -2.26. The molecule has 0 saturated carbocycles. The lowest BCUT2D eigenvalue weighted by atomic mass is 10.1. The molecule has 1 saturated heterocycles. The summed E-state index contributed by atoms with van der Waals surface area (Å²) >= 11 is 1.69. The van der Waals surface area contributed by atoms with Crippen LogP contribution >= 0.6 is 11.8 Å². The summed E-state index contributed by atoms with van der Waals surface area (Å²) in [5.74, 6) is 1.18. The number of hydrogen-bond acceptors (Lipinski definition) is 5. The van der Waals surface area contributed by atoms with E-state index in [1.165, 1.54) is 11.1 Å². The molecule has 0 N–H and O–H groups in total. The predicted octanol–water partition coefficient (Wildman–Crippen LogP) is 3.27. The number of rotatable bonds is 3. The molecule has 2 aliphatic heterocycles. The van der Waals surface area contributed by atoms with Crippen molar-refractivity contribution in [2.24, 2.45) is 4.99 Å². The topological polar surface area (TPSA) is 49.7 Å². The molecule has 2 atom stereocenters. The fourth-order valence-electron chi connectivity index (χ4n) is 3.47. The maximum atomic E-state index is 12.0. The van der Waals surface area contributed by atoms with E-state index in [0.717, 1.165) is 16.6 Å². The van der Waals surface area contributed by atoms with Gasteiger partial charge in [-0.15, -0.1) is 0 Å². The van der Waals surface area contributed by atoms with E-state index in [-0.39, 0.29) is 23.6 Å². The summed E-state index contributed by atoms with van der Waals surface area (Å²) in [5, 5.41) is 0.928. The number of sulfone groups is 1. The highest BCUT2D eigenvalue weighted by Crippen LogP contribution is 2.35. The highest BCUT2D eigenvalue weighted by Gasteiger charge is 2.47. The molecular formula is C19H20N2O2S2. The van der Waals surface area contributed by atoms with Gasteiger partial charge in [0.15, 0.2) is 15.0 Å². The molecular weight excluding hydrogens is 352 g/mol. The van der Waals surface area contributed by atoms with Gasteiger partial charge in [-0.25, -0.2) is 8.42 Å². The van der Waals surface area contributed by atoms with Crippen molar-refractivity contribution in [3.8, 4) is 0 Å². The molecule has 0 aliphatic carbocycles. The fraction of sp³-hybridized carbons (Fsp3) is 0.316. The standard InChI is InChI=1S/C19H20N2O2S2/c1-14-6-5-7-15(10-14)11-24-19-20-17-12-25(22,23)13-18(17)21(19)16-8-3-2-4-9-16/h2-10,17-18H,11-13H2,1H3. The molecule has 2 heterocycles. The third-order valence-electron chi connectivity index (χ3n) is 4.59. The summed E-state index contributed by atoms with van der Waals surface area (Å²) in [6.07, 6.45) is 0. The van der Waals surface area contributed by atoms with Crippen molar-refractivity contribution in [1.82, 2.24) is 0 Å². The smallest absolute Gasteiger partial charge is 0.164 e. The largest absolute Gasteiger partial charge is 0.315 e. The molecule has 0 radical (unpaired) electrons. The van der Waals surface area contributed by atoms with Crippen molar-refractivity contribution in [2.45, 2.75) is 24.8 Å². The van der Waals surface area contributed by atoms with Crippen molar-refractivity contribution in [3.05, 3.63) is 65.7 Å². The molecule has 2 aromatic carbocycles. The Hall–Kier alpha value is -1.79. The number of amidine groups is 1. The van der Waals surface area contributed by atoms with Crippen LogP contribution in [0.4, 0.5) is 5.69 Å². The van der Waals surface area contributed by atoms with Gasteiger partial charge in [-0.1, -0.05) is 59.8 Å². The molecule has 4 nitrogen and oxygen atoms in total. The normalized spacial score (nSPS) is 24.2. The van der Waals surface area contributed by atoms with Gasteiger partial charge in [0.1, 0.15) is 0 Å². The minimum Gasteiger partial charge on any atom is -0.315 e. The second-order valence-electron chi connectivity index (χ2n) is 6.61. The van der Waals surface area contributed by atoms with Crippen molar-refractivity contribution in [1.29, 1.82) is 0 Å². The maximum Gasteiger partial charge on any atom is 0.164 e. The van der Waals surface area contributed by atoms with Crippen LogP contribution in [-0.4, -0.2) is 37.2 Å². The molecule has 25 heavy (non-hydrogen) atoms. The van der Waals surface area contributed by atoms with Gasteiger partial charge in [0, 0.05) is 11.4 Å². The van der Waals surface area contributed by atoms with Crippen molar-refractivity contribution >= 4 is 32.5 Å². The molecule has 0 bridgehead atoms. The summed E-state index contributed by atoms with van der Waals surface area (Å²) in [6.45, 7) is 2.09. The zero-order chi connectivity index (χ0) is 17.4. The van der Waals surface area contributed by atoms with Crippen LogP contribution < -0.4 is 4.90 Å². The first-order chi connectivity index (χ1) is 12.0. The summed E-state index contributed by atoms with van der Waals surface area (Å²) in [7, 11) is -3.00. The van der Waals surface area contributed by atoms with E-state index < -0.39 is 9.84 Å². The minimum absolute atomic E-state index is 0.0765. The average Bonchev–Trinajstić information content (AvgIpc) is 3.05. The minimum atomic E-state index is -3.00. The predicted molar refractivity (Wildman–Crippen MR) is 105 cm³/mol. The Morgan fingerprint density at radius 2 is 1.92 bits per heavy atom. The first-order valence-corrected chi connectivity index (χ1v) is 11.1. The first-order valence-electron chi connectivity index (χ1n) is 8.33. The highest BCUT2D eigenvalue weighted by molar-refractivity contribution is 8.13. The van der Waals surface area contributed by atoms with Crippen LogP contribution in [0.5, 0.6) is 0 Å². The quantitative estimate of drug-likeness (QED) is 0.830. The van der Waals surface area contributed by atoms with E-state index in [4.69, 9.17) is 4.99 Å². The van der Waals surface area contributed by atoms with Crippen molar-refractivity contribution in [3.63, 3.8) is 0 Å². The van der Waals surface area contributed by atoms with Crippen LogP contribution in [0, 0.1) is 6.92 Å². The van der Waals surface area contributed by atoms with Gasteiger partial charge in [-0.05, 0) is 24.6 Å². The van der Waals surface area contributed by atoms with Crippen LogP contribution in [0.25, 0.3) is 0 Å². The van der Waals surface area contributed by atoms with Crippen molar-refractivity contribution < 1.29 is 8.42 Å². The summed E-state index contributed by atoms with van der Waals surface area (Å²) in [5.41, 5.74) is 3.52. The van der Waals surface area contributed by atoms with E-state index in [0.29, 0.717) is 0 Å². The number of aliphatic imine (C=N–C) groups is 1. The number of thioether (sulfide) groups is 1. The first kappa shape index (κ1) is 16.7. The van der Waals surface area contributed by atoms with Gasteiger partial charge in [0.25, 0.3) is 0 Å². The second-order valence-corrected chi connectivity index (χ2v) is 9.70. The highest BCUT2D eigenvalue weighted by atomic mass is 32.2. The van der Waals surface area contributed by atoms with Crippen molar-refractivity contribution in [2.75, 3.05) is 16.4 Å². The summed E-state index contributed by atoms with van der Waals surface area (Å²) < 4.78 is 24.1. The Kier molecular flexibility index (Phi) is 4.33. The monoisotopic (exact) mass is 372 g/mol. The molecule has 0 aromatic heterocycles. The summed E-state index contributed by atoms with van der Waals surface area (Å²) in [6, 6.07) is 18.2. The van der Waals surface area contributed by atoms with Crippen LogP contribution in [0.15, 0.2) is 59.6 Å². The number of para-hydroxylation sites is 1. The van der Waals surface area contributed by atoms with Crippen LogP contribution in [0.3, 0.4) is 0 Å².